The lowest BCUT2D eigenvalue weighted by molar-refractivity contribution is -0.119. The molecular formula is C20H21N5O4S. The first-order valence-electron chi connectivity index (χ1n) is 9.23. The van der Waals surface area contributed by atoms with Gasteiger partial charge in [-0.05, 0) is 32.0 Å². The van der Waals surface area contributed by atoms with E-state index in [9.17, 15) is 19.2 Å². The topological polar surface area (TPSA) is 122 Å². The SMILES string of the molecule is CC(=O)NCc1ccc(C(=O)NNC(=O)c2nn(C(C)C)c(=O)c3ccccc23)s1. The van der Waals surface area contributed by atoms with Crippen LogP contribution in [0.15, 0.2) is 41.2 Å². The quantitative estimate of drug-likeness (QED) is 0.536. The summed E-state index contributed by atoms with van der Waals surface area (Å²) in [6.07, 6.45) is 0. The van der Waals surface area contributed by atoms with Crippen LogP contribution >= 0.6 is 11.3 Å². The highest BCUT2D eigenvalue weighted by Gasteiger charge is 2.19. The minimum Gasteiger partial charge on any atom is -0.351 e. The van der Waals surface area contributed by atoms with Crippen LogP contribution < -0.4 is 21.7 Å². The molecule has 0 saturated heterocycles. The van der Waals surface area contributed by atoms with E-state index in [1.54, 1.807) is 50.2 Å². The fraction of sp³-hybridized carbons (Fsp3) is 0.250. The number of nitrogens with zero attached hydrogens (tertiary/aromatic N) is 2. The number of rotatable bonds is 5. The Labute approximate surface area is 176 Å². The first-order chi connectivity index (χ1) is 14.3. The van der Waals surface area contributed by atoms with Crippen LogP contribution in [0.2, 0.25) is 0 Å². The minimum atomic E-state index is -0.635. The summed E-state index contributed by atoms with van der Waals surface area (Å²) in [5.74, 6) is -1.29. The lowest BCUT2D eigenvalue weighted by Crippen LogP contribution is -2.42. The Morgan fingerprint density at radius 2 is 1.70 bits per heavy atom. The van der Waals surface area contributed by atoms with Crippen molar-refractivity contribution in [1.82, 2.24) is 25.9 Å². The molecule has 0 radical (unpaired) electrons. The zero-order valence-electron chi connectivity index (χ0n) is 16.7. The number of hydrogen-bond donors (Lipinski definition) is 3. The van der Waals surface area contributed by atoms with E-state index >= 15 is 0 Å². The highest BCUT2D eigenvalue weighted by atomic mass is 32.1. The summed E-state index contributed by atoms with van der Waals surface area (Å²) >= 11 is 1.20. The molecule has 2 heterocycles. The van der Waals surface area contributed by atoms with Crippen LogP contribution in [-0.2, 0) is 11.3 Å². The normalized spacial score (nSPS) is 10.8. The van der Waals surface area contributed by atoms with Gasteiger partial charge in [-0.1, -0.05) is 18.2 Å². The van der Waals surface area contributed by atoms with Crippen molar-refractivity contribution in [3.8, 4) is 0 Å². The van der Waals surface area contributed by atoms with Gasteiger partial charge in [0.2, 0.25) is 5.91 Å². The number of aromatic nitrogens is 2. The average Bonchev–Trinajstić information content (AvgIpc) is 3.19. The van der Waals surface area contributed by atoms with Gasteiger partial charge in [0.25, 0.3) is 17.4 Å². The Balaban J connectivity index is 1.77. The second-order valence-electron chi connectivity index (χ2n) is 6.82. The predicted octanol–water partition coefficient (Wildman–Crippen LogP) is 1.75. The molecule has 3 rings (SSSR count). The number of hydrazine groups is 1. The molecule has 3 amide bonds. The maximum Gasteiger partial charge on any atom is 0.290 e. The average molecular weight is 427 g/mol. The highest BCUT2D eigenvalue weighted by molar-refractivity contribution is 7.14. The van der Waals surface area contributed by atoms with E-state index in [1.807, 2.05) is 0 Å². The number of nitrogens with one attached hydrogen (secondary N) is 3. The Morgan fingerprint density at radius 1 is 1.03 bits per heavy atom. The van der Waals surface area contributed by atoms with Gasteiger partial charge in [-0.3, -0.25) is 30.0 Å². The van der Waals surface area contributed by atoms with Gasteiger partial charge in [0.1, 0.15) is 0 Å². The van der Waals surface area contributed by atoms with Crippen LogP contribution in [-0.4, -0.2) is 27.5 Å². The molecule has 0 fully saturated rings. The standard InChI is InChI=1S/C20H21N5O4S/c1-11(2)25-20(29)15-7-5-4-6-14(15)17(24-25)19(28)23-22-18(27)16-9-8-13(30-16)10-21-12(3)26/h4-9,11H,10H2,1-3H3,(H,21,26)(H,22,27)(H,23,28). The lowest BCUT2D eigenvalue weighted by Gasteiger charge is -2.13. The van der Waals surface area contributed by atoms with Gasteiger partial charge >= 0.3 is 0 Å². The first kappa shape index (κ1) is 21.2. The molecule has 10 heteroatoms. The van der Waals surface area contributed by atoms with E-state index in [-0.39, 0.29) is 23.2 Å². The van der Waals surface area contributed by atoms with Crippen molar-refractivity contribution in [2.24, 2.45) is 0 Å². The molecule has 0 saturated carbocycles. The van der Waals surface area contributed by atoms with Crippen molar-refractivity contribution >= 4 is 39.8 Å². The summed E-state index contributed by atoms with van der Waals surface area (Å²) in [4.78, 5) is 49.8. The van der Waals surface area contributed by atoms with Crippen LogP contribution in [0.25, 0.3) is 10.8 Å². The van der Waals surface area contributed by atoms with Gasteiger partial charge < -0.3 is 5.32 Å². The molecule has 0 bridgehead atoms. The Bertz CT molecular complexity index is 1180. The van der Waals surface area contributed by atoms with E-state index in [0.29, 0.717) is 22.2 Å². The van der Waals surface area contributed by atoms with E-state index in [2.05, 4.69) is 21.3 Å². The van der Waals surface area contributed by atoms with E-state index in [1.165, 1.54) is 22.9 Å². The van der Waals surface area contributed by atoms with Gasteiger partial charge in [0.05, 0.1) is 22.8 Å². The molecule has 0 aliphatic heterocycles. The van der Waals surface area contributed by atoms with Crippen LogP contribution in [0.3, 0.4) is 0 Å². The molecule has 156 valence electrons. The molecule has 0 spiro atoms. The van der Waals surface area contributed by atoms with Gasteiger partial charge in [-0.15, -0.1) is 11.3 Å². The van der Waals surface area contributed by atoms with Crippen molar-refractivity contribution in [3.63, 3.8) is 0 Å². The Kier molecular flexibility index (Phi) is 6.26. The van der Waals surface area contributed by atoms with E-state index < -0.39 is 11.8 Å². The third-order valence-electron chi connectivity index (χ3n) is 4.22. The molecule has 3 N–H and O–H groups in total. The van der Waals surface area contributed by atoms with Crippen molar-refractivity contribution in [2.75, 3.05) is 0 Å². The largest absolute Gasteiger partial charge is 0.351 e. The molecule has 0 atom stereocenters. The third-order valence-corrected chi connectivity index (χ3v) is 5.30. The van der Waals surface area contributed by atoms with Crippen molar-refractivity contribution in [2.45, 2.75) is 33.4 Å². The van der Waals surface area contributed by atoms with Crippen LogP contribution in [0.1, 0.15) is 51.9 Å². The maximum atomic E-state index is 12.7. The molecule has 30 heavy (non-hydrogen) atoms. The van der Waals surface area contributed by atoms with Crippen molar-refractivity contribution in [3.05, 3.63) is 62.2 Å². The summed E-state index contributed by atoms with van der Waals surface area (Å²) in [6.45, 7) is 5.33. The zero-order chi connectivity index (χ0) is 21.8. The number of hydrogen-bond acceptors (Lipinski definition) is 6. The molecule has 0 aliphatic carbocycles. The first-order valence-corrected chi connectivity index (χ1v) is 10.0. The van der Waals surface area contributed by atoms with Gasteiger partial charge in [-0.25, -0.2) is 4.68 Å². The summed E-state index contributed by atoms with van der Waals surface area (Å²) < 4.78 is 1.24. The van der Waals surface area contributed by atoms with Crippen molar-refractivity contribution < 1.29 is 14.4 Å². The van der Waals surface area contributed by atoms with Gasteiger partial charge in [-0.2, -0.15) is 5.10 Å². The van der Waals surface area contributed by atoms with E-state index in [4.69, 9.17) is 0 Å². The molecule has 0 aliphatic rings. The van der Waals surface area contributed by atoms with Gasteiger partial charge in [0, 0.05) is 17.2 Å². The Hall–Kier alpha value is -3.53. The highest BCUT2D eigenvalue weighted by Crippen LogP contribution is 2.17. The minimum absolute atomic E-state index is 0.0386. The molecular weight excluding hydrogens is 406 g/mol. The predicted molar refractivity (Wildman–Crippen MR) is 113 cm³/mol. The fourth-order valence-electron chi connectivity index (χ4n) is 2.77. The second kappa shape index (κ2) is 8.87. The maximum absolute atomic E-state index is 12.7. The number of carbonyl (C=O) groups is 3. The van der Waals surface area contributed by atoms with Crippen LogP contribution in [0.5, 0.6) is 0 Å². The fourth-order valence-corrected chi connectivity index (χ4v) is 3.61. The second-order valence-corrected chi connectivity index (χ2v) is 7.99. The monoisotopic (exact) mass is 427 g/mol. The Morgan fingerprint density at radius 3 is 2.37 bits per heavy atom. The van der Waals surface area contributed by atoms with Crippen LogP contribution in [0.4, 0.5) is 0 Å². The molecule has 2 aromatic heterocycles. The molecule has 3 aromatic rings. The third kappa shape index (κ3) is 4.54. The number of thiophene rings is 1. The molecule has 0 unspecified atom stereocenters. The summed E-state index contributed by atoms with van der Waals surface area (Å²) in [6, 6.07) is 9.79. The lowest BCUT2D eigenvalue weighted by atomic mass is 10.1. The van der Waals surface area contributed by atoms with Gasteiger partial charge in [0.15, 0.2) is 5.69 Å². The number of fused-ring (bicyclic) bond motifs is 1. The summed E-state index contributed by atoms with van der Waals surface area (Å²) in [5.41, 5.74) is 4.47. The van der Waals surface area contributed by atoms with E-state index in [0.717, 1.165) is 4.88 Å². The molecule has 9 nitrogen and oxygen atoms in total. The number of amides is 3. The summed E-state index contributed by atoms with van der Waals surface area (Å²) in [5, 5.41) is 7.63. The number of carbonyl (C=O) groups excluding carboxylic acids is 3. The zero-order valence-corrected chi connectivity index (χ0v) is 17.5. The van der Waals surface area contributed by atoms with Crippen LogP contribution in [0, 0.1) is 0 Å². The molecule has 1 aromatic carbocycles. The summed E-state index contributed by atoms with van der Waals surface area (Å²) in [7, 11) is 0. The smallest absolute Gasteiger partial charge is 0.290 e. The number of benzene rings is 1. The van der Waals surface area contributed by atoms with Crippen molar-refractivity contribution in [1.29, 1.82) is 0 Å².